The third-order valence-corrected chi connectivity index (χ3v) is 5.43. The normalized spacial score (nSPS) is 11.7. The van der Waals surface area contributed by atoms with E-state index in [4.69, 9.17) is 0 Å². The Hall–Kier alpha value is -2.10. The minimum Gasteiger partial charge on any atom is -0.289 e. The summed E-state index contributed by atoms with van der Waals surface area (Å²) in [5.74, 6) is 0. The van der Waals surface area contributed by atoms with Crippen LogP contribution in [0.25, 0.3) is 20.2 Å². The highest BCUT2D eigenvalue weighted by Gasteiger charge is 2.07. The number of rotatable bonds is 4. The maximum atomic E-state index is 12.5. The quantitative estimate of drug-likeness (QED) is 0.345. The summed E-state index contributed by atoms with van der Waals surface area (Å²) in [6.07, 6.45) is 5.47. The fourth-order valence-electron chi connectivity index (χ4n) is 2.24. The van der Waals surface area contributed by atoms with E-state index >= 15 is 0 Å². The van der Waals surface area contributed by atoms with Crippen LogP contribution in [0.4, 0.5) is 0 Å². The molecule has 0 saturated heterocycles. The molecule has 2 aromatic carbocycles. The van der Waals surface area contributed by atoms with Gasteiger partial charge in [-0.25, -0.2) is 0 Å². The molecule has 0 aliphatic carbocycles. The number of fused-ring (bicyclic) bond motifs is 2. The smallest absolute Gasteiger partial charge is 0.195 e. The number of allylic oxidation sites excluding steroid dienone is 3. The third kappa shape index (κ3) is 2.78. The van der Waals surface area contributed by atoms with Crippen LogP contribution in [0.3, 0.4) is 0 Å². The van der Waals surface area contributed by atoms with Crippen LogP contribution < -0.4 is 5.43 Å². The molecule has 0 amide bonds. The first-order valence-electron chi connectivity index (χ1n) is 6.81. The van der Waals surface area contributed by atoms with E-state index < -0.39 is 0 Å². The molecular weight excluding hydrogens is 308 g/mol. The number of hydrogen-bond donors (Lipinski definition) is 0. The molecule has 1 heterocycles. The van der Waals surface area contributed by atoms with Gasteiger partial charge in [0.15, 0.2) is 5.43 Å². The zero-order chi connectivity index (χ0) is 15.5. The molecule has 0 aliphatic rings. The molecule has 22 heavy (non-hydrogen) atoms. The highest BCUT2D eigenvalue weighted by molar-refractivity contribution is 8.03. The summed E-state index contributed by atoms with van der Waals surface area (Å²) >= 11 is 3.26. The fourth-order valence-corrected chi connectivity index (χ4v) is 4.26. The van der Waals surface area contributed by atoms with E-state index in [0.717, 1.165) is 30.0 Å². The lowest BCUT2D eigenvalue weighted by atomic mass is 10.2. The van der Waals surface area contributed by atoms with Crippen LogP contribution in [-0.4, -0.2) is 0 Å². The second kappa shape index (κ2) is 6.34. The van der Waals surface area contributed by atoms with E-state index in [9.17, 15) is 4.79 Å². The van der Waals surface area contributed by atoms with Gasteiger partial charge in [-0.3, -0.25) is 4.79 Å². The number of hydrogen-bond acceptors (Lipinski definition) is 3. The van der Waals surface area contributed by atoms with Crippen LogP contribution in [0.5, 0.6) is 0 Å². The van der Waals surface area contributed by atoms with Gasteiger partial charge in [0.2, 0.25) is 0 Å². The van der Waals surface area contributed by atoms with Gasteiger partial charge in [0.25, 0.3) is 0 Å². The summed E-state index contributed by atoms with van der Waals surface area (Å²) in [6.45, 7) is 7.52. The van der Waals surface area contributed by atoms with Crippen LogP contribution >= 0.6 is 23.1 Å². The van der Waals surface area contributed by atoms with Crippen molar-refractivity contribution in [3.63, 3.8) is 0 Å². The van der Waals surface area contributed by atoms with Gasteiger partial charge in [-0.15, -0.1) is 11.3 Å². The predicted molar refractivity (Wildman–Crippen MR) is 99.9 cm³/mol. The lowest BCUT2D eigenvalue weighted by molar-refractivity contribution is 1.52. The molecule has 0 bridgehead atoms. The first-order valence-corrected chi connectivity index (χ1v) is 8.45. The van der Waals surface area contributed by atoms with Crippen molar-refractivity contribution in [2.24, 2.45) is 0 Å². The molecule has 0 atom stereocenters. The van der Waals surface area contributed by atoms with Crippen molar-refractivity contribution in [1.82, 2.24) is 0 Å². The van der Waals surface area contributed by atoms with Crippen molar-refractivity contribution >= 4 is 43.3 Å². The van der Waals surface area contributed by atoms with Gasteiger partial charge in [-0.2, -0.15) is 0 Å². The van der Waals surface area contributed by atoms with Crippen LogP contribution in [0.15, 0.2) is 88.4 Å². The van der Waals surface area contributed by atoms with Crippen molar-refractivity contribution in [3.05, 3.63) is 89.0 Å². The summed E-state index contributed by atoms with van der Waals surface area (Å²) in [5, 5.41) is 1.57. The molecule has 0 spiro atoms. The molecular formula is C19H14OS2. The molecule has 1 nitrogen and oxygen atoms in total. The van der Waals surface area contributed by atoms with E-state index in [2.05, 4.69) is 19.2 Å². The topological polar surface area (TPSA) is 17.1 Å². The van der Waals surface area contributed by atoms with E-state index in [0.29, 0.717) is 0 Å². The van der Waals surface area contributed by atoms with Crippen molar-refractivity contribution in [3.8, 4) is 0 Å². The van der Waals surface area contributed by atoms with E-state index in [1.54, 1.807) is 35.3 Å². The Morgan fingerprint density at radius 1 is 1.05 bits per heavy atom. The lowest BCUT2D eigenvalue weighted by Crippen LogP contribution is -2.00. The van der Waals surface area contributed by atoms with E-state index in [1.807, 2.05) is 42.5 Å². The second-order valence-electron chi connectivity index (χ2n) is 4.70. The summed E-state index contributed by atoms with van der Waals surface area (Å²) < 4.78 is 2.03. The highest BCUT2D eigenvalue weighted by atomic mass is 32.2. The standard InChI is InChI=1S/C19H14OS2/c1-3-7-13(4-2)21-14-10-11-16-18(12-14)22-17-9-6-5-8-15(17)19(16)20/h3-12H,1-2H2/b13-7+. The molecule has 1 aromatic heterocycles. The number of benzene rings is 2. The molecule has 0 N–H and O–H groups in total. The summed E-state index contributed by atoms with van der Waals surface area (Å²) in [6, 6.07) is 13.7. The van der Waals surface area contributed by atoms with Crippen LogP contribution in [0, 0.1) is 0 Å². The Balaban J connectivity index is 2.16. The van der Waals surface area contributed by atoms with Crippen LogP contribution in [0.1, 0.15) is 0 Å². The van der Waals surface area contributed by atoms with Gasteiger partial charge in [0.05, 0.1) is 0 Å². The minimum absolute atomic E-state index is 0.103. The lowest BCUT2D eigenvalue weighted by Gasteiger charge is -2.05. The van der Waals surface area contributed by atoms with Gasteiger partial charge < -0.3 is 0 Å². The zero-order valence-corrected chi connectivity index (χ0v) is 13.5. The third-order valence-electron chi connectivity index (χ3n) is 3.27. The molecule has 3 rings (SSSR count). The Morgan fingerprint density at radius 2 is 1.82 bits per heavy atom. The van der Waals surface area contributed by atoms with E-state index in [1.165, 1.54) is 0 Å². The second-order valence-corrected chi connectivity index (χ2v) is 6.93. The molecule has 0 unspecified atom stereocenters. The average molecular weight is 322 g/mol. The average Bonchev–Trinajstić information content (AvgIpc) is 2.54. The summed E-state index contributed by atoms with van der Waals surface area (Å²) in [4.78, 5) is 14.7. The van der Waals surface area contributed by atoms with E-state index in [-0.39, 0.29) is 5.43 Å². The number of thioether (sulfide) groups is 1. The fraction of sp³-hybridized carbons (Fsp3) is 0. The van der Waals surface area contributed by atoms with Gasteiger partial charge in [0.1, 0.15) is 0 Å². The Bertz CT molecular complexity index is 964. The van der Waals surface area contributed by atoms with Crippen LogP contribution in [-0.2, 0) is 0 Å². The molecule has 0 aliphatic heterocycles. The maximum absolute atomic E-state index is 12.5. The minimum atomic E-state index is 0.103. The van der Waals surface area contributed by atoms with Crippen LogP contribution in [0.2, 0.25) is 0 Å². The molecule has 0 radical (unpaired) electrons. The summed E-state index contributed by atoms with van der Waals surface area (Å²) in [7, 11) is 0. The van der Waals surface area contributed by atoms with Gasteiger partial charge in [0, 0.05) is 30.0 Å². The monoisotopic (exact) mass is 322 g/mol. The molecule has 108 valence electrons. The SMILES string of the molecule is C=C/C=C(\C=C)Sc1ccc2c(=O)c3ccccc3sc2c1. The first kappa shape index (κ1) is 14.8. The van der Waals surface area contributed by atoms with Gasteiger partial charge in [-0.05, 0) is 36.4 Å². The molecule has 0 saturated carbocycles. The Labute approximate surface area is 137 Å². The van der Waals surface area contributed by atoms with Crippen molar-refractivity contribution in [2.75, 3.05) is 0 Å². The molecule has 0 fully saturated rings. The van der Waals surface area contributed by atoms with Gasteiger partial charge in [-0.1, -0.05) is 49.2 Å². The highest BCUT2D eigenvalue weighted by Crippen LogP contribution is 2.32. The van der Waals surface area contributed by atoms with Crippen molar-refractivity contribution < 1.29 is 0 Å². The van der Waals surface area contributed by atoms with Crippen molar-refractivity contribution in [2.45, 2.75) is 4.90 Å². The van der Waals surface area contributed by atoms with Gasteiger partial charge >= 0.3 is 0 Å². The molecule has 3 aromatic rings. The predicted octanol–water partition coefficient (Wildman–Crippen LogP) is 5.76. The zero-order valence-electron chi connectivity index (χ0n) is 11.9. The molecule has 3 heteroatoms. The largest absolute Gasteiger partial charge is 0.289 e. The maximum Gasteiger partial charge on any atom is 0.195 e. The first-order chi connectivity index (χ1) is 10.7. The Kier molecular flexibility index (Phi) is 4.27. The van der Waals surface area contributed by atoms with Crippen molar-refractivity contribution in [1.29, 1.82) is 0 Å². The Morgan fingerprint density at radius 3 is 2.59 bits per heavy atom. The summed E-state index contributed by atoms with van der Waals surface area (Å²) in [5.41, 5.74) is 0.103.